The van der Waals surface area contributed by atoms with Gasteiger partial charge in [0.15, 0.2) is 0 Å². The highest BCUT2D eigenvalue weighted by molar-refractivity contribution is 9.10. The Balaban J connectivity index is 2.82. The average molecular weight is 315 g/mol. The molecule has 0 aliphatic carbocycles. The molecule has 18 heavy (non-hydrogen) atoms. The molecule has 1 amide bonds. The van der Waals surface area contributed by atoms with E-state index >= 15 is 0 Å². The Morgan fingerprint density at radius 2 is 2.11 bits per heavy atom. The predicted octanol–water partition coefficient (Wildman–Crippen LogP) is 1.77. The zero-order valence-corrected chi connectivity index (χ0v) is 12.0. The second kappa shape index (κ2) is 6.49. The lowest BCUT2D eigenvalue weighted by atomic mass is 10.0. The largest absolute Gasteiger partial charge is 0.467 e. The maximum Gasteiger partial charge on any atom is 0.328 e. The third-order valence-electron chi connectivity index (χ3n) is 2.40. The number of hydrogen-bond acceptors (Lipinski definition) is 4. The molecule has 0 saturated carbocycles. The number of carbonyl (C=O) groups excluding carboxylic acids is 2. The molecule has 0 fully saturated rings. The highest BCUT2D eigenvalue weighted by atomic mass is 79.9. The normalized spacial score (nSPS) is 12.1. The van der Waals surface area contributed by atoms with Crippen molar-refractivity contribution in [1.29, 1.82) is 0 Å². The van der Waals surface area contributed by atoms with E-state index in [1.54, 1.807) is 12.1 Å². The van der Waals surface area contributed by atoms with Crippen LogP contribution in [-0.4, -0.2) is 30.0 Å². The van der Waals surface area contributed by atoms with E-state index in [4.69, 9.17) is 0 Å². The molecular weight excluding hydrogens is 300 g/mol. The van der Waals surface area contributed by atoms with Gasteiger partial charge in [-0.3, -0.25) is 4.79 Å². The van der Waals surface area contributed by atoms with Crippen LogP contribution >= 0.6 is 15.9 Å². The number of hydrogen-bond donors (Lipinski definition) is 1. The number of nitrogens with zero attached hydrogens (tertiary/aromatic N) is 1. The Morgan fingerprint density at radius 3 is 2.61 bits per heavy atom. The van der Waals surface area contributed by atoms with Gasteiger partial charge < -0.3 is 10.1 Å². The lowest BCUT2D eigenvalue weighted by Crippen LogP contribution is -2.45. The van der Waals surface area contributed by atoms with Crippen molar-refractivity contribution in [2.45, 2.75) is 19.9 Å². The van der Waals surface area contributed by atoms with Crippen molar-refractivity contribution in [3.05, 3.63) is 28.5 Å². The van der Waals surface area contributed by atoms with E-state index in [-0.39, 0.29) is 11.8 Å². The van der Waals surface area contributed by atoms with Crippen LogP contribution in [-0.2, 0) is 9.53 Å². The number of halogens is 1. The maximum absolute atomic E-state index is 12.0. The minimum absolute atomic E-state index is 0.0494. The maximum atomic E-state index is 12.0. The van der Waals surface area contributed by atoms with Crippen molar-refractivity contribution in [1.82, 2.24) is 10.3 Å². The van der Waals surface area contributed by atoms with Crippen molar-refractivity contribution in [2.24, 2.45) is 5.92 Å². The fourth-order valence-electron chi connectivity index (χ4n) is 1.39. The minimum atomic E-state index is -0.658. The molecule has 0 saturated heterocycles. The molecule has 0 aliphatic heterocycles. The van der Waals surface area contributed by atoms with Gasteiger partial charge in [0.1, 0.15) is 10.6 Å². The average Bonchev–Trinajstić information content (AvgIpc) is 2.34. The molecular formula is C12H15BrN2O3. The third-order valence-corrected chi connectivity index (χ3v) is 2.83. The number of carbonyl (C=O) groups is 2. The van der Waals surface area contributed by atoms with Crippen molar-refractivity contribution in [2.75, 3.05) is 7.11 Å². The summed E-state index contributed by atoms with van der Waals surface area (Å²) in [6.45, 7) is 3.68. The summed E-state index contributed by atoms with van der Waals surface area (Å²) in [5.41, 5.74) is 0.437. The molecule has 1 heterocycles. The Morgan fingerprint density at radius 1 is 1.44 bits per heavy atom. The fraction of sp³-hybridized carbons (Fsp3) is 0.417. The number of pyridine rings is 1. The molecule has 1 N–H and O–H groups in total. The molecule has 0 aliphatic rings. The van der Waals surface area contributed by atoms with Crippen molar-refractivity contribution in [3.63, 3.8) is 0 Å². The van der Waals surface area contributed by atoms with Gasteiger partial charge in [-0.1, -0.05) is 13.8 Å². The second-order valence-electron chi connectivity index (χ2n) is 4.09. The van der Waals surface area contributed by atoms with E-state index in [9.17, 15) is 9.59 Å². The lowest BCUT2D eigenvalue weighted by molar-refractivity contribution is -0.144. The van der Waals surface area contributed by atoms with Gasteiger partial charge in [0.05, 0.1) is 7.11 Å². The first-order valence-corrected chi connectivity index (χ1v) is 6.25. The van der Waals surface area contributed by atoms with Gasteiger partial charge >= 0.3 is 5.97 Å². The van der Waals surface area contributed by atoms with E-state index in [1.807, 2.05) is 13.8 Å². The molecule has 0 radical (unpaired) electrons. The summed E-state index contributed by atoms with van der Waals surface area (Å²) in [6, 6.07) is 2.51. The molecule has 0 bridgehead atoms. The first-order chi connectivity index (χ1) is 8.45. The number of rotatable bonds is 4. The first-order valence-electron chi connectivity index (χ1n) is 5.46. The smallest absolute Gasteiger partial charge is 0.328 e. The van der Waals surface area contributed by atoms with E-state index in [2.05, 4.69) is 31.0 Å². The SMILES string of the molecule is COC(=O)C(NC(=O)c1ccnc(Br)c1)C(C)C. The zero-order valence-electron chi connectivity index (χ0n) is 10.4. The van der Waals surface area contributed by atoms with Crippen LogP contribution in [0.4, 0.5) is 0 Å². The minimum Gasteiger partial charge on any atom is -0.467 e. The molecule has 6 heteroatoms. The van der Waals surface area contributed by atoms with Crippen LogP contribution in [0.2, 0.25) is 0 Å². The van der Waals surface area contributed by atoms with Crippen molar-refractivity contribution < 1.29 is 14.3 Å². The van der Waals surface area contributed by atoms with Gasteiger partial charge in [-0.25, -0.2) is 9.78 Å². The number of methoxy groups -OCH3 is 1. The molecule has 0 spiro atoms. The Kier molecular flexibility index (Phi) is 5.27. The molecule has 1 atom stereocenters. The van der Waals surface area contributed by atoms with Crippen LogP contribution in [0, 0.1) is 5.92 Å². The summed E-state index contributed by atoms with van der Waals surface area (Å²) < 4.78 is 5.22. The third kappa shape index (κ3) is 3.80. The first kappa shape index (κ1) is 14.6. The topological polar surface area (TPSA) is 68.3 Å². The lowest BCUT2D eigenvalue weighted by Gasteiger charge is -2.19. The van der Waals surface area contributed by atoms with Crippen molar-refractivity contribution >= 4 is 27.8 Å². The van der Waals surface area contributed by atoms with Gasteiger partial charge in [-0.2, -0.15) is 0 Å². The molecule has 1 aromatic heterocycles. The number of esters is 1. The Bertz CT molecular complexity index is 449. The molecule has 0 aromatic carbocycles. The highest BCUT2D eigenvalue weighted by Gasteiger charge is 2.25. The quantitative estimate of drug-likeness (QED) is 0.679. The number of nitrogens with one attached hydrogen (secondary N) is 1. The predicted molar refractivity (Wildman–Crippen MR) is 70.0 cm³/mol. The zero-order chi connectivity index (χ0) is 13.7. The second-order valence-corrected chi connectivity index (χ2v) is 4.90. The van der Waals surface area contributed by atoms with Crippen molar-refractivity contribution in [3.8, 4) is 0 Å². The van der Waals surface area contributed by atoms with Crippen LogP contribution in [0.15, 0.2) is 22.9 Å². The molecule has 1 aromatic rings. The van der Waals surface area contributed by atoms with Gasteiger partial charge in [0.2, 0.25) is 0 Å². The van der Waals surface area contributed by atoms with Gasteiger partial charge in [0, 0.05) is 11.8 Å². The summed E-state index contributed by atoms with van der Waals surface area (Å²) >= 11 is 3.19. The molecule has 1 unspecified atom stereocenters. The summed E-state index contributed by atoms with van der Waals surface area (Å²) in [5, 5.41) is 2.65. The van der Waals surface area contributed by atoms with E-state index in [0.717, 1.165) is 0 Å². The fourth-order valence-corrected chi connectivity index (χ4v) is 1.76. The van der Waals surface area contributed by atoms with Gasteiger partial charge in [0.25, 0.3) is 5.91 Å². The summed E-state index contributed by atoms with van der Waals surface area (Å²) in [7, 11) is 1.30. The summed E-state index contributed by atoms with van der Waals surface area (Å²) in [4.78, 5) is 27.4. The van der Waals surface area contributed by atoms with Crippen LogP contribution in [0.25, 0.3) is 0 Å². The van der Waals surface area contributed by atoms with Crippen LogP contribution in [0.3, 0.4) is 0 Å². The van der Waals surface area contributed by atoms with E-state index < -0.39 is 12.0 Å². The number of aromatic nitrogens is 1. The van der Waals surface area contributed by atoms with Crippen LogP contribution in [0.5, 0.6) is 0 Å². The number of amides is 1. The van der Waals surface area contributed by atoms with E-state index in [0.29, 0.717) is 10.2 Å². The summed E-state index contributed by atoms with van der Waals surface area (Å²) in [6.07, 6.45) is 1.52. The van der Waals surface area contributed by atoms with Crippen LogP contribution < -0.4 is 5.32 Å². The van der Waals surface area contributed by atoms with Crippen LogP contribution in [0.1, 0.15) is 24.2 Å². The number of ether oxygens (including phenoxy) is 1. The van der Waals surface area contributed by atoms with E-state index in [1.165, 1.54) is 13.3 Å². The van der Waals surface area contributed by atoms with Gasteiger partial charge in [-0.05, 0) is 34.0 Å². The standard InChI is InChI=1S/C12H15BrN2O3/c1-7(2)10(12(17)18-3)15-11(16)8-4-5-14-9(13)6-8/h4-7,10H,1-3H3,(H,15,16). The molecule has 5 nitrogen and oxygen atoms in total. The Labute approximate surface area is 114 Å². The summed E-state index contributed by atoms with van der Waals surface area (Å²) in [5.74, 6) is -0.833. The monoisotopic (exact) mass is 314 g/mol. The Hall–Kier alpha value is -1.43. The molecule has 1 rings (SSSR count). The van der Waals surface area contributed by atoms with Gasteiger partial charge in [-0.15, -0.1) is 0 Å². The highest BCUT2D eigenvalue weighted by Crippen LogP contribution is 2.10. The molecule has 98 valence electrons.